The highest BCUT2D eigenvalue weighted by atomic mass is 79.9. The number of ether oxygens (including phenoxy) is 4. The van der Waals surface area contributed by atoms with E-state index in [4.69, 9.17) is 18.9 Å². The molecule has 0 fully saturated rings. The summed E-state index contributed by atoms with van der Waals surface area (Å²) in [6, 6.07) is 6.93. The van der Waals surface area contributed by atoms with E-state index in [-0.39, 0.29) is 0 Å². The normalized spacial score (nSPS) is 10.5. The van der Waals surface area contributed by atoms with Crippen molar-refractivity contribution >= 4 is 47.8 Å². The van der Waals surface area contributed by atoms with Crippen LogP contribution in [0.1, 0.15) is 11.1 Å². The first kappa shape index (κ1) is 19.4. The molecule has 129 valence electrons. The van der Waals surface area contributed by atoms with E-state index in [2.05, 4.69) is 53.9 Å². The van der Waals surface area contributed by atoms with Crippen molar-refractivity contribution in [1.82, 2.24) is 0 Å². The molecule has 2 rings (SSSR count). The van der Waals surface area contributed by atoms with Gasteiger partial charge in [-0.15, -0.1) is 0 Å². The van der Waals surface area contributed by atoms with E-state index in [1.807, 2.05) is 6.07 Å². The van der Waals surface area contributed by atoms with Crippen molar-refractivity contribution in [2.45, 2.75) is 6.42 Å². The average Bonchev–Trinajstić information content (AvgIpc) is 2.59. The van der Waals surface area contributed by atoms with E-state index >= 15 is 0 Å². The summed E-state index contributed by atoms with van der Waals surface area (Å²) in [4.78, 5) is 0. The van der Waals surface area contributed by atoms with Crippen LogP contribution in [0.15, 0.2) is 25.6 Å². The Hall–Kier alpha value is -0.920. The fourth-order valence-corrected chi connectivity index (χ4v) is 3.95. The van der Waals surface area contributed by atoms with Crippen LogP contribution in [-0.4, -0.2) is 28.4 Å². The number of halogens is 3. The van der Waals surface area contributed by atoms with E-state index in [0.717, 1.165) is 24.5 Å². The molecule has 0 atom stereocenters. The molecule has 0 spiro atoms. The molecule has 2 aromatic rings. The molecule has 0 unspecified atom stereocenters. The van der Waals surface area contributed by atoms with Gasteiger partial charge in [0, 0.05) is 10.9 Å². The second kappa shape index (κ2) is 8.45. The number of hydrogen-bond donors (Lipinski definition) is 0. The molecule has 2 aromatic carbocycles. The third-order valence-electron chi connectivity index (χ3n) is 3.48. The lowest BCUT2D eigenvalue weighted by atomic mass is 10.0. The molecule has 0 aromatic heterocycles. The third-order valence-corrected chi connectivity index (χ3v) is 6.52. The smallest absolute Gasteiger partial charge is 0.176 e. The summed E-state index contributed by atoms with van der Waals surface area (Å²) >= 11 is 10.7. The summed E-state index contributed by atoms with van der Waals surface area (Å²) < 4.78 is 24.0. The second-order valence-electron chi connectivity index (χ2n) is 4.76. The maximum absolute atomic E-state index is 5.42. The predicted octanol–water partition coefficient (Wildman–Crippen LogP) is 5.40. The molecule has 0 saturated carbocycles. The average molecular weight is 524 g/mol. The van der Waals surface area contributed by atoms with Crippen molar-refractivity contribution in [3.05, 3.63) is 42.7 Å². The van der Waals surface area contributed by atoms with Gasteiger partial charge < -0.3 is 18.9 Å². The zero-order valence-corrected chi connectivity index (χ0v) is 18.4. The van der Waals surface area contributed by atoms with E-state index < -0.39 is 0 Å². The highest BCUT2D eigenvalue weighted by Crippen LogP contribution is 2.44. The summed E-state index contributed by atoms with van der Waals surface area (Å²) in [7, 11) is 6.42. The van der Waals surface area contributed by atoms with E-state index in [0.29, 0.717) is 29.4 Å². The van der Waals surface area contributed by atoms with Gasteiger partial charge in [0.1, 0.15) is 0 Å². The Bertz CT molecular complexity index is 747. The molecule has 1 radical (unpaired) electrons. The molecule has 0 saturated heterocycles. The molecule has 0 heterocycles. The van der Waals surface area contributed by atoms with Crippen LogP contribution in [0.25, 0.3) is 0 Å². The lowest BCUT2D eigenvalue weighted by molar-refractivity contribution is 0.352. The maximum atomic E-state index is 5.42. The SMILES string of the molecule is COc1c[c]c(Cc2cc(OC)c(OC)c(Br)c2Br)c(Br)c1OC. The first-order valence-electron chi connectivity index (χ1n) is 6.88. The topological polar surface area (TPSA) is 36.9 Å². The summed E-state index contributed by atoms with van der Waals surface area (Å²) in [5, 5.41) is 0. The zero-order chi connectivity index (χ0) is 17.9. The van der Waals surface area contributed by atoms with Crippen LogP contribution in [-0.2, 0) is 6.42 Å². The first-order valence-corrected chi connectivity index (χ1v) is 9.26. The summed E-state index contributed by atoms with van der Waals surface area (Å²) in [6.07, 6.45) is 0.612. The van der Waals surface area contributed by atoms with Crippen LogP contribution in [0.3, 0.4) is 0 Å². The minimum atomic E-state index is 0.612. The maximum Gasteiger partial charge on any atom is 0.176 e. The van der Waals surface area contributed by atoms with E-state index in [9.17, 15) is 0 Å². The monoisotopic (exact) mass is 521 g/mol. The fourth-order valence-electron chi connectivity index (χ4n) is 2.29. The van der Waals surface area contributed by atoms with Gasteiger partial charge in [0.25, 0.3) is 0 Å². The minimum absolute atomic E-state index is 0.612. The van der Waals surface area contributed by atoms with Crippen molar-refractivity contribution in [1.29, 1.82) is 0 Å². The molecular weight excluding hydrogens is 508 g/mol. The highest BCUT2D eigenvalue weighted by molar-refractivity contribution is 9.13. The van der Waals surface area contributed by atoms with Crippen LogP contribution in [0, 0.1) is 6.07 Å². The lowest BCUT2D eigenvalue weighted by Gasteiger charge is -2.16. The van der Waals surface area contributed by atoms with Crippen molar-refractivity contribution in [2.75, 3.05) is 28.4 Å². The Morgan fingerprint density at radius 1 is 0.792 bits per heavy atom. The van der Waals surface area contributed by atoms with Crippen molar-refractivity contribution in [3.63, 3.8) is 0 Å². The van der Waals surface area contributed by atoms with Gasteiger partial charge in [-0.05, 0) is 77.1 Å². The first-order chi connectivity index (χ1) is 11.5. The number of hydrogen-bond acceptors (Lipinski definition) is 4. The molecule has 24 heavy (non-hydrogen) atoms. The molecule has 0 aliphatic rings. The summed E-state index contributed by atoms with van der Waals surface area (Å²) in [6.45, 7) is 0. The Kier molecular flexibility index (Phi) is 6.83. The highest BCUT2D eigenvalue weighted by Gasteiger charge is 2.19. The molecule has 0 aliphatic carbocycles. The summed E-state index contributed by atoms with van der Waals surface area (Å²) in [5.74, 6) is 2.56. The number of methoxy groups -OCH3 is 4. The molecule has 0 amide bonds. The molecule has 0 aliphatic heterocycles. The van der Waals surface area contributed by atoms with Gasteiger partial charge in [0.05, 0.1) is 37.4 Å². The van der Waals surface area contributed by atoms with Gasteiger partial charge in [-0.2, -0.15) is 0 Å². The van der Waals surface area contributed by atoms with Gasteiger partial charge in [-0.3, -0.25) is 0 Å². The Balaban J connectivity index is 2.51. The fraction of sp³-hybridized carbons (Fsp3) is 0.294. The van der Waals surface area contributed by atoms with E-state index in [1.165, 1.54) is 0 Å². The quantitative estimate of drug-likeness (QED) is 0.508. The minimum Gasteiger partial charge on any atom is -0.493 e. The largest absolute Gasteiger partial charge is 0.493 e. The molecule has 0 N–H and O–H groups in total. The number of benzene rings is 2. The van der Waals surface area contributed by atoms with Crippen molar-refractivity contribution < 1.29 is 18.9 Å². The van der Waals surface area contributed by atoms with Gasteiger partial charge >= 0.3 is 0 Å². The van der Waals surface area contributed by atoms with Crippen LogP contribution < -0.4 is 18.9 Å². The number of rotatable bonds is 6. The van der Waals surface area contributed by atoms with Crippen LogP contribution in [0.4, 0.5) is 0 Å². The van der Waals surface area contributed by atoms with Crippen molar-refractivity contribution in [2.24, 2.45) is 0 Å². The van der Waals surface area contributed by atoms with Gasteiger partial charge in [0.15, 0.2) is 23.0 Å². The molecule has 7 heteroatoms. The van der Waals surface area contributed by atoms with Crippen LogP contribution >= 0.6 is 47.8 Å². The third kappa shape index (κ3) is 3.68. The standard InChI is InChI=1S/C17H16Br3O4/c1-21-11-6-5-9(14(19)16(11)23-3)7-10-8-12(22-2)17(24-4)15(20)13(10)18/h6,8H,7H2,1-4H3. The molecule has 0 bridgehead atoms. The van der Waals surface area contributed by atoms with E-state index in [1.54, 1.807) is 34.5 Å². The molecule has 4 nitrogen and oxygen atoms in total. The Labute approximate surface area is 166 Å². The Morgan fingerprint density at radius 3 is 1.92 bits per heavy atom. The van der Waals surface area contributed by atoms with Gasteiger partial charge in [-0.1, -0.05) is 0 Å². The van der Waals surface area contributed by atoms with Crippen LogP contribution in [0.5, 0.6) is 23.0 Å². The lowest BCUT2D eigenvalue weighted by Crippen LogP contribution is -1.99. The molecular formula is C17H16Br3O4. The Morgan fingerprint density at radius 2 is 1.38 bits per heavy atom. The predicted molar refractivity (Wildman–Crippen MR) is 104 cm³/mol. The van der Waals surface area contributed by atoms with Gasteiger partial charge in [-0.25, -0.2) is 0 Å². The summed E-state index contributed by atoms with van der Waals surface area (Å²) in [5.41, 5.74) is 1.95. The van der Waals surface area contributed by atoms with Gasteiger partial charge in [0.2, 0.25) is 0 Å². The zero-order valence-electron chi connectivity index (χ0n) is 13.6. The van der Waals surface area contributed by atoms with Crippen molar-refractivity contribution in [3.8, 4) is 23.0 Å². The second-order valence-corrected chi connectivity index (χ2v) is 7.14. The van der Waals surface area contributed by atoms with Crippen LogP contribution in [0.2, 0.25) is 0 Å².